The number of guanidine groups is 1. The zero-order chi connectivity index (χ0) is 16.7. The number of benzene rings is 1. The van der Waals surface area contributed by atoms with Crippen LogP contribution in [0.3, 0.4) is 0 Å². The van der Waals surface area contributed by atoms with Crippen molar-refractivity contribution in [2.75, 3.05) is 39.8 Å². The van der Waals surface area contributed by atoms with Crippen molar-refractivity contribution in [1.29, 1.82) is 0 Å². The Morgan fingerprint density at radius 1 is 1.29 bits per heavy atom. The highest BCUT2D eigenvalue weighted by atomic mass is 127. The topological polar surface area (TPSA) is 57.2 Å². The summed E-state index contributed by atoms with van der Waals surface area (Å²) in [7, 11) is 1.71. The van der Waals surface area contributed by atoms with Crippen LogP contribution in [0.4, 0.5) is 9.18 Å². The first-order valence-corrected chi connectivity index (χ1v) is 7.75. The van der Waals surface area contributed by atoms with Gasteiger partial charge in [-0.15, -0.1) is 24.0 Å². The summed E-state index contributed by atoms with van der Waals surface area (Å²) in [6.07, 6.45) is -0.269. The summed E-state index contributed by atoms with van der Waals surface area (Å²) < 4.78 is 18.2. The lowest BCUT2D eigenvalue weighted by atomic mass is 10.2. The van der Waals surface area contributed by atoms with E-state index >= 15 is 0 Å². The molecule has 0 atom stereocenters. The maximum atomic E-state index is 13.2. The molecule has 0 spiro atoms. The summed E-state index contributed by atoms with van der Waals surface area (Å²) in [5.41, 5.74) is 0.858. The van der Waals surface area contributed by atoms with E-state index in [0.29, 0.717) is 39.3 Å². The van der Waals surface area contributed by atoms with Gasteiger partial charge in [-0.3, -0.25) is 4.99 Å². The highest BCUT2D eigenvalue weighted by Crippen LogP contribution is 2.06. The Morgan fingerprint density at radius 3 is 2.54 bits per heavy atom. The Balaban J connectivity index is 0.00000288. The predicted octanol–water partition coefficient (Wildman–Crippen LogP) is 2.29. The fraction of sp³-hybridized carbons (Fsp3) is 0.500. The third-order valence-electron chi connectivity index (χ3n) is 3.66. The van der Waals surface area contributed by atoms with Crippen molar-refractivity contribution < 1.29 is 13.9 Å². The predicted molar refractivity (Wildman–Crippen MR) is 102 cm³/mol. The average molecular weight is 450 g/mol. The number of rotatable bonds is 3. The zero-order valence-electron chi connectivity index (χ0n) is 14.0. The van der Waals surface area contributed by atoms with Crippen LogP contribution in [0.15, 0.2) is 29.3 Å². The number of carbonyl (C=O) groups is 1. The number of hydrogen-bond acceptors (Lipinski definition) is 3. The molecule has 6 nitrogen and oxygen atoms in total. The van der Waals surface area contributed by atoms with Crippen LogP contribution in [0.25, 0.3) is 0 Å². The van der Waals surface area contributed by atoms with E-state index in [-0.39, 0.29) is 35.9 Å². The fourth-order valence-electron chi connectivity index (χ4n) is 2.48. The van der Waals surface area contributed by atoms with Crippen LogP contribution in [-0.2, 0) is 11.3 Å². The Labute approximate surface area is 159 Å². The van der Waals surface area contributed by atoms with Crippen molar-refractivity contribution in [1.82, 2.24) is 15.1 Å². The summed E-state index contributed by atoms with van der Waals surface area (Å²) in [4.78, 5) is 19.7. The number of carbonyl (C=O) groups excluding carboxylic acids is 1. The number of halogens is 2. The van der Waals surface area contributed by atoms with Crippen molar-refractivity contribution in [2.45, 2.75) is 13.5 Å². The molecule has 24 heavy (non-hydrogen) atoms. The molecule has 8 heteroatoms. The van der Waals surface area contributed by atoms with E-state index in [1.165, 1.54) is 12.1 Å². The minimum absolute atomic E-state index is 0. The average Bonchev–Trinajstić information content (AvgIpc) is 2.56. The van der Waals surface area contributed by atoms with E-state index < -0.39 is 0 Å². The normalized spacial score (nSPS) is 14.9. The molecule has 1 aliphatic heterocycles. The number of amides is 1. The molecule has 0 aliphatic carbocycles. The number of nitrogens with zero attached hydrogens (tertiary/aromatic N) is 3. The first-order chi connectivity index (χ1) is 11.1. The Hall–Kier alpha value is -1.58. The van der Waals surface area contributed by atoms with Gasteiger partial charge in [-0.25, -0.2) is 9.18 Å². The van der Waals surface area contributed by atoms with Gasteiger partial charge in [0, 0.05) is 39.8 Å². The minimum atomic E-state index is -0.269. The molecule has 0 bridgehead atoms. The van der Waals surface area contributed by atoms with E-state index in [1.54, 1.807) is 24.9 Å². The van der Waals surface area contributed by atoms with Gasteiger partial charge < -0.3 is 19.9 Å². The second kappa shape index (κ2) is 10.3. The molecule has 1 aromatic carbocycles. The quantitative estimate of drug-likeness (QED) is 0.437. The van der Waals surface area contributed by atoms with E-state index in [1.807, 2.05) is 6.07 Å². The molecule has 1 saturated heterocycles. The van der Waals surface area contributed by atoms with E-state index in [2.05, 4.69) is 15.2 Å². The molecule has 1 amide bonds. The Morgan fingerprint density at radius 2 is 1.96 bits per heavy atom. The van der Waals surface area contributed by atoms with Crippen molar-refractivity contribution >= 4 is 36.0 Å². The lowest BCUT2D eigenvalue weighted by Crippen LogP contribution is -2.53. The molecule has 1 N–H and O–H groups in total. The van der Waals surface area contributed by atoms with Crippen LogP contribution in [0.1, 0.15) is 12.5 Å². The number of nitrogens with one attached hydrogen (secondary N) is 1. The van der Waals surface area contributed by atoms with Crippen LogP contribution in [0, 0.1) is 5.82 Å². The largest absolute Gasteiger partial charge is 0.450 e. The van der Waals surface area contributed by atoms with Crippen LogP contribution in [-0.4, -0.2) is 61.7 Å². The molecular formula is C16H24FIN4O2. The summed E-state index contributed by atoms with van der Waals surface area (Å²) in [6, 6.07) is 6.47. The summed E-state index contributed by atoms with van der Waals surface area (Å²) in [6.45, 7) is 5.24. The smallest absolute Gasteiger partial charge is 0.409 e. The molecule has 1 heterocycles. The number of hydrogen-bond donors (Lipinski definition) is 1. The van der Waals surface area contributed by atoms with Gasteiger partial charge in [-0.05, 0) is 24.6 Å². The first kappa shape index (κ1) is 20.5. The summed E-state index contributed by atoms with van der Waals surface area (Å²) >= 11 is 0. The monoisotopic (exact) mass is 450 g/mol. The van der Waals surface area contributed by atoms with Gasteiger partial charge in [0.15, 0.2) is 5.96 Å². The van der Waals surface area contributed by atoms with Gasteiger partial charge in [0.25, 0.3) is 0 Å². The molecule has 1 aliphatic rings. The highest BCUT2D eigenvalue weighted by Gasteiger charge is 2.23. The minimum Gasteiger partial charge on any atom is -0.450 e. The lowest BCUT2D eigenvalue weighted by Gasteiger charge is -2.35. The van der Waals surface area contributed by atoms with Crippen molar-refractivity contribution in [2.24, 2.45) is 4.99 Å². The molecule has 0 saturated carbocycles. The Bertz CT molecular complexity index is 563. The van der Waals surface area contributed by atoms with Gasteiger partial charge in [0.2, 0.25) is 0 Å². The van der Waals surface area contributed by atoms with Crippen LogP contribution in [0.5, 0.6) is 0 Å². The third kappa shape index (κ3) is 5.81. The number of piperazine rings is 1. The van der Waals surface area contributed by atoms with Gasteiger partial charge in [-0.1, -0.05) is 12.1 Å². The molecular weight excluding hydrogens is 426 g/mol. The molecule has 1 aromatic rings. The SMILES string of the molecule is CCOC(=O)N1CCN(C(=NC)NCc2cccc(F)c2)CC1.I. The van der Waals surface area contributed by atoms with E-state index in [4.69, 9.17) is 4.74 Å². The summed E-state index contributed by atoms with van der Waals surface area (Å²) in [5, 5.41) is 3.23. The molecule has 0 radical (unpaired) electrons. The number of aliphatic imine (C=N–C) groups is 1. The highest BCUT2D eigenvalue weighted by molar-refractivity contribution is 14.0. The van der Waals surface area contributed by atoms with E-state index in [9.17, 15) is 9.18 Å². The zero-order valence-corrected chi connectivity index (χ0v) is 16.3. The standard InChI is InChI=1S/C16H23FN4O2.HI/c1-3-23-16(22)21-9-7-20(8-10-21)15(18-2)19-12-13-5-4-6-14(17)11-13;/h4-6,11H,3,7-10,12H2,1-2H3,(H,18,19);1H. The van der Waals surface area contributed by atoms with Crippen LogP contribution in [0.2, 0.25) is 0 Å². The Kier molecular flexibility index (Phi) is 8.80. The van der Waals surface area contributed by atoms with Gasteiger partial charge in [0.05, 0.1) is 6.61 Å². The third-order valence-corrected chi connectivity index (χ3v) is 3.66. The van der Waals surface area contributed by atoms with Crippen molar-refractivity contribution in [3.8, 4) is 0 Å². The van der Waals surface area contributed by atoms with Crippen LogP contribution < -0.4 is 5.32 Å². The second-order valence-corrected chi connectivity index (χ2v) is 5.20. The fourth-order valence-corrected chi connectivity index (χ4v) is 2.48. The van der Waals surface area contributed by atoms with Gasteiger partial charge in [-0.2, -0.15) is 0 Å². The summed E-state index contributed by atoms with van der Waals surface area (Å²) in [5.74, 6) is 0.500. The van der Waals surface area contributed by atoms with Gasteiger partial charge >= 0.3 is 6.09 Å². The van der Waals surface area contributed by atoms with Crippen molar-refractivity contribution in [3.63, 3.8) is 0 Å². The molecule has 134 valence electrons. The van der Waals surface area contributed by atoms with Crippen molar-refractivity contribution in [3.05, 3.63) is 35.6 Å². The van der Waals surface area contributed by atoms with Gasteiger partial charge in [0.1, 0.15) is 5.82 Å². The molecule has 2 rings (SSSR count). The number of ether oxygens (including phenoxy) is 1. The maximum absolute atomic E-state index is 13.2. The maximum Gasteiger partial charge on any atom is 0.409 e. The lowest BCUT2D eigenvalue weighted by molar-refractivity contribution is 0.0914. The van der Waals surface area contributed by atoms with Crippen LogP contribution >= 0.6 is 24.0 Å². The molecule has 0 unspecified atom stereocenters. The molecule has 1 fully saturated rings. The first-order valence-electron chi connectivity index (χ1n) is 7.75. The molecule has 0 aromatic heterocycles. The second-order valence-electron chi connectivity index (χ2n) is 5.20. The van der Waals surface area contributed by atoms with E-state index in [0.717, 1.165) is 11.5 Å².